The van der Waals surface area contributed by atoms with Gasteiger partial charge in [-0.05, 0) is 81.3 Å². The van der Waals surface area contributed by atoms with Gasteiger partial charge in [-0.3, -0.25) is 4.79 Å². The minimum atomic E-state index is -0.259. The fourth-order valence-electron chi connectivity index (χ4n) is 3.29. The molecule has 0 aliphatic heterocycles. The molecule has 0 unspecified atom stereocenters. The first kappa shape index (κ1) is 19.6. The number of ether oxygens (including phenoxy) is 1. The summed E-state index contributed by atoms with van der Waals surface area (Å²) in [4.78, 5) is 17.4. The van der Waals surface area contributed by atoms with E-state index in [0.29, 0.717) is 17.9 Å². The van der Waals surface area contributed by atoms with Crippen LogP contribution < -0.4 is 10.1 Å². The van der Waals surface area contributed by atoms with Crippen LogP contribution in [0.1, 0.15) is 34.2 Å². The van der Waals surface area contributed by atoms with Gasteiger partial charge >= 0.3 is 0 Å². The highest BCUT2D eigenvalue weighted by Crippen LogP contribution is 2.23. The molecule has 0 fully saturated rings. The molecule has 4 rings (SSSR count). The number of hydrogen-bond acceptors (Lipinski definition) is 4. The van der Waals surface area contributed by atoms with Crippen molar-refractivity contribution in [2.24, 2.45) is 0 Å². The predicted molar refractivity (Wildman–Crippen MR) is 118 cm³/mol. The molecule has 2 heterocycles. The van der Waals surface area contributed by atoms with Crippen molar-refractivity contribution in [3.63, 3.8) is 0 Å². The second-order valence-electron chi connectivity index (χ2n) is 7.29. The van der Waals surface area contributed by atoms with E-state index in [4.69, 9.17) is 9.72 Å². The Labute approximate surface area is 175 Å². The van der Waals surface area contributed by atoms with Crippen molar-refractivity contribution in [1.82, 2.24) is 14.6 Å². The molecular weight excluding hydrogens is 376 g/mol. The summed E-state index contributed by atoms with van der Waals surface area (Å²) in [5.74, 6) is 0.569. The number of fused-ring (bicyclic) bond motifs is 1. The van der Waals surface area contributed by atoms with Crippen LogP contribution in [-0.2, 0) is 0 Å². The number of carbonyl (C=O) groups is 1. The van der Waals surface area contributed by atoms with Crippen LogP contribution >= 0.6 is 0 Å². The van der Waals surface area contributed by atoms with Gasteiger partial charge in [-0.15, -0.1) is 0 Å². The summed E-state index contributed by atoms with van der Waals surface area (Å²) in [5, 5.41) is 7.36. The van der Waals surface area contributed by atoms with Crippen LogP contribution in [0.5, 0.6) is 5.75 Å². The normalized spacial score (nSPS) is 10.9. The first-order chi connectivity index (χ1) is 14.4. The largest absolute Gasteiger partial charge is 0.494 e. The monoisotopic (exact) mass is 400 g/mol. The Hall–Kier alpha value is -3.67. The molecule has 0 bridgehead atoms. The molecule has 0 saturated carbocycles. The summed E-state index contributed by atoms with van der Waals surface area (Å²) in [5.41, 5.74) is 6.71. The molecule has 1 N–H and O–H groups in total. The fourth-order valence-corrected chi connectivity index (χ4v) is 3.29. The number of nitrogens with zero attached hydrogens (tertiary/aromatic N) is 3. The summed E-state index contributed by atoms with van der Waals surface area (Å²) >= 11 is 0. The second-order valence-corrected chi connectivity index (χ2v) is 7.29. The Morgan fingerprint density at radius 1 is 1.00 bits per heavy atom. The number of aromatic nitrogens is 3. The maximum Gasteiger partial charge on any atom is 0.276 e. The van der Waals surface area contributed by atoms with E-state index in [0.717, 1.165) is 34.0 Å². The molecule has 2 aromatic carbocycles. The van der Waals surface area contributed by atoms with Crippen molar-refractivity contribution < 1.29 is 9.53 Å². The summed E-state index contributed by atoms with van der Waals surface area (Å²) in [6.45, 7) is 8.60. The molecule has 1 amide bonds. The SMILES string of the molecule is CCOc1ccc(-c2cc(C)n3nc(C(=O)Nc4ccc(C)c(C)c4)cc3n2)cc1. The van der Waals surface area contributed by atoms with E-state index in [2.05, 4.69) is 10.4 Å². The highest BCUT2D eigenvalue weighted by Gasteiger charge is 2.15. The second kappa shape index (κ2) is 7.99. The molecule has 0 aliphatic carbocycles. The maximum atomic E-state index is 12.7. The van der Waals surface area contributed by atoms with Gasteiger partial charge in [-0.1, -0.05) is 6.07 Å². The molecule has 0 saturated heterocycles. The third kappa shape index (κ3) is 3.89. The number of anilines is 1. The highest BCUT2D eigenvalue weighted by molar-refractivity contribution is 6.03. The topological polar surface area (TPSA) is 68.5 Å². The van der Waals surface area contributed by atoms with Crippen LogP contribution in [0.2, 0.25) is 0 Å². The Balaban J connectivity index is 1.62. The number of aryl methyl sites for hydroxylation is 3. The lowest BCUT2D eigenvalue weighted by atomic mass is 10.1. The summed E-state index contributed by atoms with van der Waals surface area (Å²) < 4.78 is 7.19. The number of carbonyl (C=O) groups excluding carboxylic acids is 1. The smallest absolute Gasteiger partial charge is 0.276 e. The van der Waals surface area contributed by atoms with Gasteiger partial charge < -0.3 is 10.1 Å². The number of amides is 1. The average Bonchev–Trinajstić information content (AvgIpc) is 3.17. The first-order valence-electron chi connectivity index (χ1n) is 9.94. The summed E-state index contributed by atoms with van der Waals surface area (Å²) in [6.07, 6.45) is 0. The molecule has 152 valence electrons. The van der Waals surface area contributed by atoms with E-state index < -0.39 is 0 Å². The van der Waals surface area contributed by atoms with Crippen LogP contribution in [0.4, 0.5) is 5.69 Å². The lowest BCUT2D eigenvalue weighted by Crippen LogP contribution is -2.13. The molecule has 4 aromatic rings. The van der Waals surface area contributed by atoms with Gasteiger partial charge in [0, 0.05) is 23.0 Å². The van der Waals surface area contributed by atoms with E-state index in [9.17, 15) is 4.79 Å². The van der Waals surface area contributed by atoms with Crippen LogP contribution in [0, 0.1) is 20.8 Å². The third-order valence-corrected chi connectivity index (χ3v) is 5.06. The van der Waals surface area contributed by atoms with Gasteiger partial charge in [0.2, 0.25) is 0 Å². The number of rotatable bonds is 5. The van der Waals surface area contributed by atoms with Gasteiger partial charge in [0.1, 0.15) is 5.75 Å². The molecule has 0 spiro atoms. The zero-order chi connectivity index (χ0) is 21.3. The van der Waals surface area contributed by atoms with Crippen LogP contribution in [0.15, 0.2) is 54.6 Å². The van der Waals surface area contributed by atoms with Gasteiger partial charge in [0.25, 0.3) is 5.91 Å². The van der Waals surface area contributed by atoms with E-state index in [1.807, 2.05) is 76.2 Å². The molecule has 2 aromatic heterocycles. The predicted octanol–water partition coefficient (Wildman–Crippen LogP) is 4.97. The quantitative estimate of drug-likeness (QED) is 0.513. The van der Waals surface area contributed by atoms with E-state index in [1.165, 1.54) is 5.56 Å². The van der Waals surface area contributed by atoms with Crippen molar-refractivity contribution >= 4 is 17.2 Å². The molecule has 30 heavy (non-hydrogen) atoms. The maximum absolute atomic E-state index is 12.7. The van der Waals surface area contributed by atoms with Gasteiger partial charge in [-0.25, -0.2) is 9.50 Å². The third-order valence-electron chi connectivity index (χ3n) is 5.06. The fraction of sp³-hybridized carbons (Fsp3) is 0.208. The minimum absolute atomic E-state index is 0.259. The average molecular weight is 400 g/mol. The van der Waals surface area contributed by atoms with Crippen molar-refractivity contribution in [3.05, 3.63) is 77.1 Å². The standard InChI is InChI=1S/C24H24N4O2/c1-5-30-20-10-7-18(8-11-20)21-13-17(4)28-23(26-21)14-22(27-28)24(29)25-19-9-6-15(2)16(3)12-19/h6-14H,5H2,1-4H3,(H,25,29). The van der Waals surface area contributed by atoms with Crippen molar-refractivity contribution in [3.8, 4) is 17.0 Å². The van der Waals surface area contributed by atoms with Crippen molar-refractivity contribution in [1.29, 1.82) is 0 Å². The Morgan fingerprint density at radius 2 is 1.77 bits per heavy atom. The zero-order valence-corrected chi connectivity index (χ0v) is 17.6. The van der Waals surface area contributed by atoms with Crippen molar-refractivity contribution in [2.75, 3.05) is 11.9 Å². The molecule has 0 radical (unpaired) electrons. The molecular formula is C24H24N4O2. The Morgan fingerprint density at radius 3 is 2.47 bits per heavy atom. The molecule has 0 aliphatic rings. The lowest BCUT2D eigenvalue weighted by molar-refractivity contribution is 0.102. The number of benzene rings is 2. The van der Waals surface area contributed by atoms with Crippen LogP contribution in [-0.4, -0.2) is 27.1 Å². The Kier molecular flexibility index (Phi) is 5.23. The molecule has 6 heteroatoms. The number of hydrogen-bond donors (Lipinski definition) is 1. The lowest BCUT2D eigenvalue weighted by Gasteiger charge is -2.07. The molecule has 6 nitrogen and oxygen atoms in total. The highest BCUT2D eigenvalue weighted by atomic mass is 16.5. The zero-order valence-electron chi connectivity index (χ0n) is 17.6. The van der Waals surface area contributed by atoms with Crippen molar-refractivity contribution in [2.45, 2.75) is 27.7 Å². The summed E-state index contributed by atoms with van der Waals surface area (Å²) in [7, 11) is 0. The van der Waals surface area contributed by atoms with E-state index in [-0.39, 0.29) is 5.91 Å². The van der Waals surface area contributed by atoms with Crippen LogP contribution in [0.3, 0.4) is 0 Å². The van der Waals surface area contributed by atoms with Crippen LogP contribution in [0.25, 0.3) is 16.9 Å². The van der Waals surface area contributed by atoms with Gasteiger partial charge in [-0.2, -0.15) is 5.10 Å². The molecule has 0 atom stereocenters. The Bertz CT molecular complexity index is 1230. The van der Waals surface area contributed by atoms with Gasteiger partial charge in [0.15, 0.2) is 11.3 Å². The van der Waals surface area contributed by atoms with E-state index in [1.54, 1.807) is 10.6 Å². The van der Waals surface area contributed by atoms with E-state index >= 15 is 0 Å². The van der Waals surface area contributed by atoms with Gasteiger partial charge in [0.05, 0.1) is 12.3 Å². The summed E-state index contributed by atoms with van der Waals surface area (Å²) in [6, 6.07) is 17.3. The first-order valence-corrected chi connectivity index (χ1v) is 9.94. The number of nitrogens with one attached hydrogen (secondary N) is 1. The minimum Gasteiger partial charge on any atom is -0.494 e.